The Bertz CT molecular complexity index is 493. The molecule has 106 valence electrons. The first-order valence-corrected chi connectivity index (χ1v) is 6.86. The van der Waals surface area contributed by atoms with Crippen LogP contribution in [0.3, 0.4) is 0 Å². The van der Waals surface area contributed by atoms with Gasteiger partial charge in [0.05, 0.1) is 15.1 Å². The third-order valence-corrected chi connectivity index (χ3v) is 3.99. The van der Waals surface area contributed by atoms with E-state index in [0.717, 1.165) is 0 Å². The van der Waals surface area contributed by atoms with E-state index in [4.69, 9.17) is 67.5 Å². The zero-order chi connectivity index (χ0) is 15.0. The molecule has 1 rings (SSSR count). The molecule has 0 unspecified atom stereocenters. The van der Waals surface area contributed by atoms with Crippen molar-refractivity contribution < 1.29 is 14.3 Å². The molecule has 0 saturated heterocycles. The lowest BCUT2D eigenvalue weighted by atomic mass is 10.2. The Labute approximate surface area is 135 Å². The van der Waals surface area contributed by atoms with Gasteiger partial charge in [0.2, 0.25) is 0 Å². The van der Waals surface area contributed by atoms with Crippen molar-refractivity contribution in [2.75, 3.05) is 0 Å². The molecule has 19 heavy (non-hydrogen) atoms. The van der Waals surface area contributed by atoms with E-state index in [1.807, 2.05) is 0 Å². The van der Waals surface area contributed by atoms with Gasteiger partial charge in [-0.15, -0.1) is 0 Å². The van der Waals surface area contributed by atoms with Crippen molar-refractivity contribution in [1.29, 1.82) is 0 Å². The van der Waals surface area contributed by atoms with Gasteiger partial charge < -0.3 is 9.47 Å². The first kappa shape index (κ1) is 17.0. The second-order valence-corrected chi connectivity index (χ2v) is 6.36. The maximum atomic E-state index is 11.6. The van der Waals surface area contributed by atoms with Crippen LogP contribution in [0, 0.1) is 0 Å². The number of halogens is 5. The van der Waals surface area contributed by atoms with E-state index in [1.165, 1.54) is 0 Å². The summed E-state index contributed by atoms with van der Waals surface area (Å²) in [6, 6.07) is 0. The summed E-state index contributed by atoms with van der Waals surface area (Å²) < 4.78 is 9.88. The molecule has 0 atom stereocenters. The van der Waals surface area contributed by atoms with Gasteiger partial charge in [0.25, 0.3) is 0 Å². The number of rotatable bonds is 1. The molecule has 0 aliphatic heterocycles. The molecule has 0 aromatic heterocycles. The Hall–Kier alpha value is -0.0600. The molecule has 0 radical (unpaired) electrons. The Balaban J connectivity index is 3.13. The van der Waals surface area contributed by atoms with E-state index in [1.54, 1.807) is 20.8 Å². The normalized spacial score (nSPS) is 11.4. The minimum Gasteiger partial charge on any atom is -0.428 e. The molecular weight excluding hydrogens is 357 g/mol. The number of ether oxygens (including phenoxy) is 2. The molecule has 0 aliphatic rings. The van der Waals surface area contributed by atoms with Crippen molar-refractivity contribution in [3.63, 3.8) is 0 Å². The van der Waals surface area contributed by atoms with Crippen LogP contribution in [0.5, 0.6) is 5.75 Å². The van der Waals surface area contributed by atoms with E-state index in [2.05, 4.69) is 0 Å². The molecule has 0 heterocycles. The molecule has 0 N–H and O–H groups in total. The Kier molecular flexibility index (Phi) is 5.50. The Morgan fingerprint density at radius 1 is 0.842 bits per heavy atom. The van der Waals surface area contributed by atoms with E-state index >= 15 is 0 Å². The summed E-state index contributed by atoms with van der Waals surface area (Å²) >= 11 is 29.3. The summed E-state index contributed by atoms with van der Waals surface area (Å²) in [5.74, 6) is -0.197. The average Bonchev–Trinajstić information content (AvgIpc) is 2.27. The third-order valence-electron chi connectivity index (χ3n) is 1.74. The number of carbonyl (C=O) groups is 1. The molecule has 0 saturated carbocycles. The predicted molar refractivity (Wildman–Crippen MR) is 78.4 cm³/mol. The van der Waals surface area contributed by atoms with Crippen molar-refractivity contribution in [1.82, 2.24) is 0 Å². The highest BCUT2D eigenvalue weighted by molar-refractivity contribution is 6.55. The van der Waals surface area contributed by atoms with E-state index < -0.39 is 11.8 Å². The average molecular weight is 366 g/mol. The molecule has 0 aliphatic carbocycles. The van der Waals surface area contributed by atoms with Crippen molar-refractivity contribution in [2.24, 2.45) is 0 Å². The first-order chi connectivity index (χ1) is 8.54. The summed E-state index contributed by atoms with van der Waals surface area (Å²) in [6.45, 7) is 5.04. The second kappa shape index (κ2) is 6.15. The minimum atomic E-state index is -0.981. The molecular formula is C11H9Cl5O3. The van der Waals surface area contributed by atoms with Gasteiger partial charge in [0.1, 0.15) is 15.6 Å². The summed E-state index contributed by atoms with van der Waals surface area (Å²) in [6.07, 6.45) is -0.981. The highest BCUT2D eigenvalue weighted by atomic mass is 35.5. The van der Waals surface area contributed by atoms with Gasteiger partial charge in [-0.2, -0.15) is 0 Å². The number of hydrogen-bond donors (Lipinski definition) is 0. The van der Waals surface area contributed by atoms with E-state index in [9.17, 15) is 4.79 Å². The zero-order valence-electron chi connectivity index (χ0n) is 10.1. The highest BCUT2D eigenvalue weighted by Gasteiger charge is 2.25. The van der Waals surface area contributed by atoms with Crippen molar-refractivity contribution >= 4 is 64.2 Å². The van der Waals surface area contributed by atoms with Crippen molar-refractivity contribution in [2.45, 2.75) is 26.4 Å². The van der Waals surface area contributed by atoms with E-state index in [-0.39, 0.29) is 30.9 Å². The lowest BCUT2D eigenvalue weighted by molar-refractivity contribution is 0.0206. The first-order valence-electron chi connectivity index (χ1n) is 4.97. The molecule has 1 aromatic rings. The SMILES string of the molecule is CC(C)(C)OC(=O)Oc1c(Cl)c(Cl)c(Cl)c(Cl)c1Cl. The zero-order valence-corrected chi connectivity index (χ0v) is 13.9. The third kappa shape index (κ3) is 4.20. The molecule has 0 amide bonds. The van der Waals surface area contributed by atoms with E-state index in [0.29, 0.717) is 0 Å². The van der Waals surface area contributed by atoms with Gasteiger partial charge >= 0.3 is 6.16 Å². The molecule has 0 bridgehead atoms. The predicted octanol–water partition coefficient (Wildman–Crippen LogP) is 6.27. The van der Waals surface area contributed by atoms with Gasteiger partial charge in [-0.1, -0.05) is 58.0 Å². The van der Waals surface area contributed by atoms with Gasteiger partial charge in [-0.3, -0.25) is 0 Å². The maximum absolute atomic E-state index is 11.6. The standard InChI is InChI=1S/C11H9Cl5O3/c1-11(2,3)19-10(17)18-9-7(15)5(13)4(12)6(14)8(9)16/h1-3H3. The molecule has 0 fully saturated rings. The molecule has 8 heteroatoms. The van der Waals surface area contributed by atoms with Crippen LogP contribution >= 0.6 is 58.0 Å². The van der Waals surface area contributed by atoms with Crippen LogP contribution in [0.4, 0.5) is 4.79 Å². The second-order valence-electron chi connectivity index (χ2n) is 4.47. The van der Waals surface area contributed by atoms with Crippen LogP contribution in [-0.4, -0.2) is 11.8 Å². The van der Waals surface area contributed by atoms with Crippen LogP contribution in [0.1, 0.15) is 20.8 Å². The van der Waals surface area contributed by atoms with Gasteiger partial charge in [0.15, 0.2) is 5.75 Å². The topological polar surface area (TPSA) is 35.5 Å². The minimum absolute atomic E-state index is 0.0186. The summed E-state index contributed by atoms with van der Waals surface area (Å²) in [5.41, 5.74) is -0.726. The van der Waals surface area contributed by atoms with Crippen LogP contribution in [0.25, 0.3) is 0 Å². The smallest absolute Gasteiger partial charge is 0.428 e. The molecule has 3 nitrogen and oxygen atoms in total. The van der Waals surface area contributed by atoms with Gasteiger partial charge in [0, 0.05) is 0 Å². The largest absolute Gasteiger partial charge is 0.514 e. The Morgan fingerprint density at radius 3 is 1.58 bits per heavy atom. The summed E-state index contributed by atoms with van der Waals surface area (Å²) in [4.78, 5) is 11.6. The quantitative estimate of drug-likeness (QED) is 0.254. The number of carbonyl (C=O) groups excluding carboxylic acids is 1. The lowest BCUT2D eigenvalue weighted by Crippen LogP contribution is -2.26. The van der Waals surface area contributed by atoms with Gasteiger partial charge in [-0.25, -0.2) is 4.79 Å². The maximum Gasteiger partial charge on any atom is 0.514 e. The van der Waals surface area contributed by atoms with Crippen LogP contribution in [-0.2, 0) is 4.74 Å². The monoisotopic (exact) mass is 364 g/mol. The summed E-state index contributed by atoms with van der Waals surface area (Å²) in [5, 5.41) is -0.374. The molecule has 0 spiro atoms. The number of benzene rings is 1. The van der Waals surface area contributed by atoms with Crippen LogP contribution < -0.4 is 4.74 Å². The fourth-order valence-corrected chi connectivity index (χ4v) is 2.23. The molecule has 1 aromatic carbocycles. The van der Waals surface area contributed by atoms with Crippen LogP contribution in [0.2, 0.25) is 25.1 Å². The van der Waals surface area contributed by atoms with Crippen LogP contribution in [0.15, 0.2) is 0 Å². The number of hydrogen-bond acceptors (Lipinski definition) is 3. The fourth-order valence-electron chi connectivity index (χ4n) is 1.03. The highest BCUT2D eigenvalue weighted by Crippen LogP contribution is 2.48. The van der Waals surface area contributed by atoms with Crippen molar-refractivity contribution in [3.8, 4) is 5.75 Å². The Morgan fingerprint density at radius 2 is 1.21 bits per heavy atom. The van der Waals surface area contributed by atoms with Gasteiger partial charge in [-0.05, 0) is 20.8 Å². The summed E-state index contributed by atoms with van der Waals surface area (Å²) in [7, 11) is 0. The fraction of sp³-hybridized carbons (Fsp3) is 0.364. The van der Waals surface area contributed by atoms with Crippen molar-refractivity contribution in [3.05, 3.63) is 25.1 Å². The lowest BCUT2D eigenvalue weighted by Gasteiger charge is -2.19.